The lowest BCUT2D eigenvalue weighted by Gasteiger charge is -2.61. The van der Waals surface area contributed by atoms with Crippen molar-refractivity contribution in [3.05, 3.63) is 24.2 Å². The standard InChI is InChI=1S/C23H38N4O3.HI/c1-2-29-21-18-20(23(21)8-4-9-23)26-22(25-11-7-19-6-3-15-30-19)24-10-5-12-27-13-16-28-17-14-27;/h3,6,15,20-21H,2,4-5,7-14,16-18H2,1H3,(H2,24,25,26);1H. The van der Waals surface area contributed by atoms with Gasteiger partial charge < -0.3 is 24.5 Å². The molecule has 1 aliphatic heterocycles. The van der Waals surface area contributed by atoms with Crippen LogP contribution in [0.3, 0.4) is 0 Å². The van der Waals surface area contributed by atoms with Crippen LogP contribution in [0.2, 0.25) is 0 Å². The molecule has 1 aromatic rings. The molecule has 2 atom stereocenters. The van der Waals surface area contributed by atoms with Crippen LogP contribution in [0.5, 0.6) is 0 Å². The summed E-state index contributed by atoms with van der Waals surface area (Å²) in [4.78, 5) is 7.38. The van der Waals surface area contributed by atoms with E-state index < -0.39 is 0 Å². The van der Waals surface area contributed by atoms with Crippen LogP contribution < -0.4 is 10.6 Å². The fraction of sp³-hybridized carbons (Fsp3) is 0.783. The van der Waals surface area contributed by atoms with Gasteiger partial charge in [0.15, 0.2) is 5.96 Å². The molecule has 2 heterocycles. The monoisotopic (exact) mass is 546 g/mol. The second-order valence-corrected chi connectivity index (χ2v) is 8.76. The van der Waals surface area contributed by atoms with E-state index in [9.17, 15) is 0 Å². The first-order valence-electron chi connectivity index (χ1n) is 11.8. The van der Waals surface area contributed by atoms with Gasteiger partial charge in [0.25, 0.3) is 0 Å². The smallest absolute Gasteiger partial charge is 0.191 e. The van der Waals surface area contributed by atoms with E-state index in [4.69, 9.17) is 18.9 Å². The van der Waals surface area contributed by atoms with Crippen molar-refractivity contribution in [1.82, 2.24) is 15.5 Å². The predicted octanol–water partition coefficient (Wildman–Crippen LogP) is 3.05. The summed E-state index contributed by atoms with van der Waals surface area (Å²) in [6, 6.07) is 4.43. The highest BCUT2D eigenvalue weighted by molar-refractivity contribution is 14.0. The van der Waals surface area contributed by atoms with Crippen molar-refractivity contribution in [1.29, 1.82) is 0 Å². The lowest BCUT2D eigenvalue weighted by molar-refractivity contribution is -0.168. The average molecular weight is 546 g/mol. The second kappa shape index (κ2) is 12.4. The molecule has 0 radical (unpaired) electrons. The number of aliphatic imine (C=N–C) groups is 1. The fourth-order valence-corrected chi connectivity index (χ4v) is 5.03. The molecule has 8 heteroatoms. The maximum Gasteiger partial charge on any atom is 0.191 e. The van der Waals surface area contributed by atoms with Crippen molar-refractivity contribution >= 4 is 29.9 Å². The Labute approximate surface area is 203 Å². The molecule has 31 heavy (non-hydrogen) atoms. The number of guanidine groups is 1. The van der Waals surface area contributed by atoms with Crippen LogP contribution in [0, 0.1) is 5.41 Å². The highest BCUT2D eigenvalue weighted by Crippen LogP contribution is 2.57. The maximum absolute atomic E-state index is 6.01. The maximum atomic E-state index is 6.01. The topological polar surface area (TPSA) is 71.3 Å². The van der Waals surface area contributed by atoms with Gasteiger partial charge in [0, 0.05) is 57.2 Å². The lowest BCUT2D eigenvalue weighted by atomic mass is 9.51. The molecular formula is C23H39IN4O3. The van der Waals surface area contributed by atoms with Gasteiger partial charge in [0.05, 0.1) is 25.6 Å². The zero-order valence-electron chi connectivity index (χ0n) is 18.8. The van der Waals surface area contributed by atoms with Crippen molar-refractivity contribution in [3.8, 4) is 0 Å². The number of furan rings is 1. The summed E-state index contributed by atoms with van der Waals surface area (Å²) in [5.74, 6) is 1.94. The van der Waals surface area contributed by atoms with E-state index in [0.29, 0.717) is 17.6 Å². The number of nitrogens with zero attached hydrogens (tertiary/aromatic N) is 2. The van der Waals surface area contributed by atoms with Crippen LogP contribution in [0.25, 0.3) is 0 Å². The quantitative estimate of drug-likeness (QED) is 0.204. The minimum atomic E-state index is 0. The number of morpholine rings is 1. The summed E-state index contributed by atoms with van der Waals surface area (Å²) in [6.45, 7) is 9.45. The minimum Gasteiger partial charge on any atom is -0.469 e. The molecule has 2 N–H and O–H groups in total. The Balaban J connectivity index is 0.00000272. The molecule has 0 amide bonds. The molecule has 2 aliphatic carbocycles. The largest absolute Gasteiger partial charge is 0.469 e. The summed E-state index contributed by atoms with van der Waals surface area (Å²) >= 11 is 0. The summed E-state index contributed by atoms with van der Waals surface area (Å²) < 4.78 is 16.9. The van der Waals surface area contributed by atoms with Gasteiger partial charge in [-0.15, -0.1) is 24.0 Å². The Morgan fingerprint density at radius 2 is 2.16 bits per heavy atom. The third-order valence-electron chi connectivity index (χ3n) is 7.00. The van der Waals surface area contributed by atoms with Crippen LogP contribution in [-0.2, 0) is 15.9 Å². The van der Waals surface area contributed by atoms with Crippen LogP contribution in [0.4, 0.5) is 0 Å². The van der Waals surface area contributed by atoms with Gasteiger partial charge >= 0.3 is 0 Å². The molecule has 1 spiro atoms. The van der Waals surface area contributed by atoms with E-state index in [1.807, 2.05) is 12.1 Å². The van der Waals surface area contributed by atoms with Gasteiger partial charge in [-0.1, -0.05) is 6.42 Å². The number of nitrogens with one attached hydrogen (secondary N) is 2. The first kappa shape index (κ1) is 24.8. The Kier molecular flexibility index (Phi) is 9.93. The molecule has 1 aromatic heterocycles. The van der Waals surface area contributed by atoms with Crippen LogP contribution in [0.1, 0.15) is 44.8 Å². The summed E-state index contributed by atoms with van der Waals surface area (Å²) in [5, 5.41) is 7.28. The first-order chi connectivity index (χ1) is 14.8. The number of hydrogen-bond donors (Lipinski definition) is 2. The zero-order chi connectivity index (χ0) is 20.7. The Morgan fingerprint density at radius 3 is 2.84 bits per heavy atom. The second-order valence-electron chi connectivity index (χ2n) is 8.76. The SMILES string of the molecule is CCOC1CC(NC(=NCCCN2CCOCC2)NCCc2ccco2)C12CCC2.I. The first-order valence-corrected chi connectivity index (χ1v) is 11.8. The molecule has 0 bridgehead atoms. The molecule has 2 unspecified atom stereocenters. The van der Waals surface area contributed by atoms with Crippen LogP contribution >= 0.6 is 24.0 Å². The van der Waals surface area contributed by atoms with Gasteiger partial charge in [0.2, 0.25) is 0 Å². The molecule has 4 rings (SSSR count). The fourth-order valence-electron chi connectivity index (χ4n) is 5.03. The van der Waals surface area contributed by atoms with Crippen molar-refractivity contribution in [3.63, 3.8) is 0 Å². The Bertz CT molecular complexity index is 660. The van der Waals surface area contributed by atoms with Gasteiger partial charge in [-0.3, -0.25) is 9.89 Å². The predicted molar refractivity (Wildman–Crippen MR) is 133 cm³/mol. The van der Waals surface area contributed by atoms with Gasteiger partial charge in [-0.2, -0.15) is 0 Å². The third-order valence-corrected chi connectivity index (χ3v) is 7.00. The summed E-state index contributed by atoms with van der Waals surface area (Å²) in [6.07, 6.45) is 9.02. The zero-order valence-corrected chi connectivity index (χ0v) is 21.1. The Morgan fingerprint density at radius 1 is 1.32 bits per heavy atom. The number of halogens is 1. The highest BCUT2D eigenvalue weighted by Gasteiger charge is 2.59. The summed E-state index contributed by atoms with van der Waals surface area (Å²) in [7, 11) is 0. The molecule has 3 fully saturated rings. The number of hydrogen-bond acceptors (Lipinski definition) is 5. The molecule has 1 saturated heterocycles. The van der Waals surface area contributed by atoms with Crippen molar-refractivity contribution in [2.75, 3.05) is 52.5 Å². The van der Waals surface area contributed by atoms with Crippen molar-refractivity contribution in [2.45, 2.75) is 57.6 Å². The van der Waals surface area contributed by atoms with Crippen LogP contribution in [-0.4, -0.2) is 75.5 Å². The molecule has 3 aliphatic rings. The minimum absolute atomic E-state index is 0. The Hall–Kier alpha value is -0.840. The van der Waals surface area contributed by atoms with E-state index in [1.54, 1.807) is 6.26 Å². The molecule has 0 aromatic carbocycles. The average Bonchev–Trinajstić information content (AvgIpc) is 3.23. The molecule has 7 nitrogen and oxygen atoms in total. The number of ether oxygens (including phenoxy) is 2. The highest BCUT2D eigenvalue weighted by atomic mass is 127. The lowest BCUT2D eigenvalue weighted by Crippen LogP contribution is -2.68. The van der Waals surface area contributed by atoms with Crippen molar-refractivity contribution in [2.24, 2.45) is 10.4 Å². The van der Waals surface area contributed by atoms with Gasteiger partial charge in [-0.25, -0.2) is 0 Å². The van der Waals surface area contributed by atoms with Gasteiger partial charge in [0.1, 0.15) is 5.76 Å². The van der Waals surface area contributed by atoms with E-state index in [0.717, 1.165) is 83.5 Å². The molecule has 176 valence electrons. The van der Waals surface area contributed by atoms with Crippen LogP contribution in [0.15, 0.2) is 27.8 Å². The van der Waals surface area contributed by atoms with E-state index in [1.165, 1.54) is 19.3 Å². The molecular weight excluding hydrogens is 507 g/mol. The number of rotatable bonds is 10. The third kappa shape index (κ3) is 6.36. The normalized spacial score (nSPS) is 25.4. The van der Waals surface area contributed by atoms with Gasteiger partial charge in [-0.05, 0) is 44.7 Å². The van der Waals surface area contributed by atoms with E-state index in [-0.39, 0.29) is 24.0 Å². The van der Waals surface area contributed by atoms with Crippen molar-refractivity contribution < 1.29 is 13.9 Å². The van der Waals surface area contributed by atoms with E-state index >= 15 is 0 Å². The van der Waals surface area contributed by atoms with E-state index in [2.05, 4.69) is 22.5 Å². The summed E-state index contributed by atoms with van der Waals surface area (Å²) in [5.41, 5.74) is 0.327. The molecule has 2 saturated carbocycles.